The van der Waals surface area contributed by atoms with Crippen molar-refractivity contribution >= 4 is 35.0 Å². The van der Waals surface area contributed by atoms with E-state index in [0.29, 0.717) is 0 Å². The molecule has 1 aliphatic heterocycles. The third kappa shape index (κ3) is 3.08. The molecule has 0 aliphatic carbocycles. The van der Waals surface area contributed by atoms with Gasteiger partial charge in [-0.2, -0.15) is 0 Å². The van der Waals surface area contributed by atoms with Crippen LogP contribution in [0, 0.1) is 0 Å². The summed E-state index contributed by atoms with van der Waals surface area (Å²) in [5.74, 6) is -4.13. The van der Waals surface area contributed by atoms with E-state index in [4.69, 9.17) is 0 Å². The van der Waals surface area contributed by atoms with Crippen molar-refractivity contribution in [3.8, 4) is 0 Å². The number of hydrogen-bond acceptors (Lipinski definition) is 6. The molecule has 0 unspecified atom stereocenters. The molecule has 1 aliphatic rings. The van der Waals surface area contributed by atoms with E-state index in [9.17, 15) is 29.1 Å². The summed E-state index contributed by atoms with van der Waals surface area (Å²) in [4.78, 5) is 61.9. The molecule has 0 spiro atoms. The van der Waals surface area contributed by atoms with Gasteiger partial charge in [-0.25, -0.2) is 4.90 Å². The second-order valence-electron chi connectivity index (χ2n) is 6.56. The fraction of sp³-hybridized carbons (Fsp3) is 0. The highest BCUT2D eigenvalue weighted by Gasteiger charge is 2.37. The molecule has 3 aromatic carbocycles. The van der Waals surface area contributed by atoms with Crippen molar-refractivity contribution in [1.82, 2.24) is 0 Å². The number of carbonyl (C=O) groups excluding carboxylic acids is 5. The van der Waals surface area contributed by atoms with Gasteiger partial charge in [-0.1, -0.05) is 36.4 Å². The van der Waals surface area contributed by atoms with Crippen LogP contribution in [-0.2, 0) is 0 Å². The summed E-state index contributed by atoms with van der Waals surface area (Å²) in [6.07, 6.45) is 0. The van der Waals surface area contributed by atoms with Crippen LogP contribution in [0.25, 0.3) is 0 Å². The van der Waals surface area contributed by atoms with Crippen LogP contribution >= 0.6 is 0 Å². The van der Waals surface area contributed by atoms with Gasteiger partial charge >= 0.3 is 0 Å². The Balaban J connectivity index is 1.61. The Hall–Kier alpha value is -4.39. The predicted octanol–water partition coefficient (Wildman–Crippen LogP) is 1.92. The third-order valence-corrected chi connectivity index (χ3v) is 4.75. The molecule has 0 radical (unpaired) electrons. The lowest BCUT2D eigenvalue weighted by Gasteiger charge is -2.14. The molecule has 4 rings (SSSR count). The van der Waals surface area contributed by atoms with Crippen LogP contribution in [0.2, 0.25) is 0 Å². The fourth-order valence-corrected chi connectivity index (χ4v) is 3.22. The van der Waals surface area contributed by atoms with Crippen molar-refractivity contribution in [3.05, 3.63) is 101 Å². The van der Waals surface area contributed by atoms with E-state index in [2.05, 4.69) is 0 Å². The van der Waals surface area contributed by atoms with E-state index in [1.165, 1.54) is 48.5 Å². The summed E-state index contributed by atoms with van der Waals surface area (Å²) in [5.41, 5.74) is 0.390. The molecule has 7 nitrogen and oxygen atoms in total. The van der Waals surface area contributed by atoms with Crippen LogP contribution in [0.15, 0.2) is 72.8 Å². The number of hydrogen-bond donors (Lipinski definition) is 0. The lowest BCUT2D eigenvalue weighted by molar-refractivity contribution is -0.255. The topological polar surface area (TPSA) is 112 Å². The van der Waals surface area contributed by atoms with Gasteiger partial charge in [0.2, 0.25) is 11.6 Å². The van der Waals surface area contributed by atoms with Gasteiger partial charge in [0.15, 0.2) is 0 Å². The first-order chi connectivity index (χ1) is 14.4. The molecule has 0 saturated heterocycles. The minimum Gasteiger partial charge on any atom is -0.545 e. The largest absolute Gasteiger partial charge is 0.545 e. The SMILES string of the molecule is O=C([O-])c1ccc2c(c1)C(=O)N(c1ccc(C(=O)C(=O)c3ccccc3)cc1)C2=O. The van der Waals surface area contributed by atoms with Crippen molar-refractivity contribution in [2.45, 2.75) is 0 Å². The lowest BCUT2D eigenvalue weighted by Crippen LogP contribution is -2.29. The number of carboxylic acid groups (broad SMARTS) is 1. The number of aromatic carboxylic acids is 1. The highest BCUT2D eigenvalue weighted by atomic mass is 16.4. The normalized spacial score (nSPS) is 12.6. The quantitative estimate of drug-likeness (QED) is 0.369. The molecular formula is C23H12NO6-. The van der Waals surface area contributed by atoms with Gasteiger partial charge in [-0.15, -0.1) is 0 Å². The van der Waals surface area contributed by atoms with Crippen LogP contribution in [0.5, 0.6) is 0 Å². The monoisotopic (exact) mass is 398 g/mol. The standard InChI is InChI=1S/C23H13NO6/c25-19(13-4-2-1-3-5-13)20(26)14-6-9-16(10-7-14)24-21(27)17-11-8-15(23(29)30)12-18(17)22(24)28/h1-12H,(H,29,30)/p-1. The Morgan fingerprint density at radius 2 is 1.17 bits per heavy atom. The number of nitrogens with zero attached hydrogens (tertiary/aromatic N) is 1. The maximum absolute atomic E-state index is 12.7. The van der Waals surface area contributed by atoms with Gasteiger partial charge in [-0.05, 0) is 42.0 Å². The number of Topliss-reactive ketones (excluding diaryl/α,β-unsaturated/α-hetero) is 2. The average molecular weight is 398 g/mol. The number of carboxylic acids is 1. The maximum atomic E-state index is 12.7. The molecule has 1 heterocycles. The first-order valence-corrected chi connectivity index (χ1v) is 8.87. The summed E-state index contributed by atoms with van der Waals surface area (Å²) in [5, 5.41) is 11.0. The number of benzene rings is 3. The molecule has 0 bridgehead atoms. The summed E-state index contributed by atoms with van der Waals surface area (Å²) in [6.45, 7) is 0. The Labute approximate surface area is 170 Å². The zero-order valence-corrected chi connectivity index (χ0v) is 15.3. The molecule has 146 valence electrons. The molecular weight excluding hydrogens is 386 g/mol. The van der Waals surface area contributed by atoms with Crippen molar-refractivity contribution < 1.29 is 29.1 Å². The van der Waals surface area contributed by atoms with Gasteiger partial charge in [0, 0.05) is 11.1 Å². The van der Waals surface area contributed by atoms with Crippen LogP contribution in [0.1, 0.15) is 51.8 Å². The molecule has 0 atom stereocenters. The van der Waals surface area contributed by atoms with Gasteiger partial charge in [0.1, 0.15) is 0 Å². The summed E-state index contributed by atoms with van der Waals surface area (Å²) in [7, 11) is 0. The average Bonchev–Trinajstić information content (AvgIpc) is 3.03. The summed E-state index contributed by atoms with van der Waals surface area (Å²) in [6, 6.07) is 17.1. The first kappa shape index (κ1) is 18.9. The van der Waals surface area contributed by atoms with Gasteiger partial charge in [0.05, 0.1) is 22.8 Å². The number of imide groups is 1. The molecule has 3 aromatic rings. The second-order valence-corrected chi connectivity index (χ2v) is 6.56. The molecule has 30 heavy (non-hydrogen) atoms. The van der Waals surface area contributed by atoms with Crippen LogP contribution < -0.4 is 10.0 Å². The predicted molar refractivity (Wildman–Crippen MR) is 103 cm³/mol. The Bertz CT molecular complexity index is 1230. The van der Waals surface area contributed by atoms with Crippen molar-refractivity contribution in [2.75, 3.05) is 4.90 Å². The Morgan fingerprint density at radius 1 is 0.633 bits per heavy atom. The van der Waals surface area contributed by atoms with Gasteiger partial charge < -0.3 is 9.90 Å². The fourth-order valence-electron chi connectivity index (χ4n) is 3.22. The third-order valence-electron chi connectivity index (χ3n) is 4.75. The van der Waals surface area contributed by atoms with E-state index in [1.54, 1.807) is 18.2 Å². The van der Waals surface area contributed by atoms with Crippen LogP contribution in [0.3, 0.4) is 0 Å². The highest BCUT2D eigenvalue weighted by Crippen LogP contribution is 2.29. The smallest absolute Gasteiger partial charge is 0.266 e. The minimum absolute atomic E-state index is 0.0406. The van der Waals surface area contributed by atoms with Crippen LogP contribution in [-0.4, -0.2) is 29.4 Å². The minimum atomic E-state index is -1.46. The zero-order chi connectivity index (χ0) is 21.4. The molecule has 0 N–H and O–H groups in total. The zero-order valence-electron chi connectivity index (χ0n) is 15.3. The Morgan fingerprint density at radius 3 is 1.77 bits per heavy atom. The second kappa shape index (κ2) is 7.21. The molecule has 0 saturated carbocycles. The van der Waals surface area contributed by atoms with E-state index in [-0.39, 0.29) is 33.5 Å². The number of anilines is 1. The number of ketones is 2. The molecule has 0 fully saturated rings. The number of rotatable bonds is 5. The molecule has 2 amide bonds. The Kier molecular flexibility index (Phi) is 4.56. The van der Waals surface area contributed by atoms with E-state index < -0.39 is 29.4 Å². The summed E-state index contributed by atoms with van der Waals surface area (Å²) >= 11 is 0. The number of carbonyl (C=O) groups is 5. The summed E-state index contributed by atoms with van der Waals surface area (Å²) < 4.78 is 0. The van der Waals surface area contributed by atoms with Gasteiger partial charge in [-0.3, -0.25) is 19.2 Å². The van der Waals surface area contributed by atoms with Crippen molar-refractivity contribution in [3.63, 3.8) is 0 Å². The lowest BCUT2D eigenvalue weighted by atomic mass is 10.0. The van der Waals surface area contributed by atoms with Crippen molar-refractivity contribution in [1.29, 1.82) is 0 Å². The highest BCUT2D eigenvalue weighted by molar-refractivity contribution is 6.49. The van der Waals surface area contributed by atoms with E-state index in [1.807, 2.05) is 0 Å². The van der Waals surface area contributed by atoms with Crippen LogP contribution in [0.4, 0.5) is 5.69 Å². The number of amides is 2. The maximum Gasteiger partial charge on any atom is 0.266 e. The van der Waals surface area contributed by atoms with E-state index >= 15 is 0 Å². The molecule has 0 aromatic heterocycles. The van der Waals surface area contributed by atoms with Gasteiger partial charge in [0.25, 0.3) is 11.8 Å². The van der Waals surface area contributed by atoms with Crippen molar-refractivity contribution in [2.24, 2.45) is 0 Å². The number of fused-ring (bicyclic) bond motifs is 1. The van der Waals surface area contributed by atoms with E-state index in [0.717, 1.165) is 11.0 Å². The first-order valence-electron chi connectivity index (χ1n) is 8.87. The molecule has 7 heteroatoms.